The van der Waals surface area contributed by atoms with Crippen LogP contribution in [0.5, 0.6) is 0 Å². The first-order valence-corrected chi connectivity index (χ1v) is 12.7. The van der Waals surface area contributed by atoms with Crippen molar-refractivity contribution < 1.29 is 17.9 Å². The molecule has 0 amide bonds. The molecule has 1 unspecified atom stereocenters. The van der Waals surface area contributed by atoms with E-state index in [1.165, 1.54) is 16.8 Å². The Morgan fingerprint density at radius 3 is 2.63 bits per heavy atom. The summed E-state index contributed by atoms with van der Waals surface area (Å²) in [6.45, 7) is 2.54. The molecular weight excluding hydrogens is 497 g/mol. The number of piperidine rings is 1. The number of likely N-dealkylation sites (N-methyl/N-ethyl adjacent to an activating group) is 1. The Balaban J connectivity index is 1.44. The second-order valence-corrected chi connectivity index (χ2v) is 10.7. The van der Waals surface area contributed by atoms with Crippen LogP contribution in [0, 0.1) is 0 Å². The maximum atomic E-state index is 14.2. The van der Waals surface area contributed by atoms with Gasteiger partial charge in [0.15, 0.2) is 0 Å². The van der Waals surface area contributed by atoms with Crippen molar-refractivity contribution in [2.45, 2.75) is 36.8 Å². The molecule has 2 saturated heterocycles. The van der Waals surface area contributed by atoms with Crippen LogP contribution < -0.4 is 5.69 Å². The van der Waals surface area contributed by atoms with Gasteiger partial charge in [0.2, 0.25) is 0 Å². The van der Waals surface area contributed by atoms with Crippen LogP contribution in [0.15, 0.2) is 53.8 Å². The first-order chi connectivity index (χ1) is 18.1. The molecule has 0 saturated carbocycles. The summed E-state index contributed by atoms with van der Waals surface area (Å²) in [6.07, 6.45) is 2.23. The topological polar surface area (TPSA) is 69.6 Å². The molecule has 8 nitrogen and oxygen atoms in total. The Labute approximate surface area is 217 Å². The van der Waals surface area contributed by atoms with E-state index < -0.39 is 17.4 Å². The van der Waals surface area contributed by atoms with Crippen molar-refractivity contribution in [1.29, 1.82) is 0 Å². The summed E-state index contributed by atoms with van der Waals surface area (Å²) in [7, 11) is 3.85. The van der Waals surface area contributed by atoms with E-state index in [2.05, 4.69) is 15.1 Å². The molecule has 0 radical (unpaired) electrons. The summed E-state index contributed by atoms with van der Waals surface area (Å²) >= 11 is 0. The van der Waals surface area contributed by atoms with Crippen molar-refractivity contribution in [3.8, 4) is 5.69 Å². The number of halogens is 3. The molecule has 200 valence electrons. The van der Waals surface area contributed by atoms with Crippen molar-refractivity contribution >= 4 is 5.52 Å². The van der Waals surface area contributed by atoms with Gasteiger partial charge in [0, 0.05) is 37.8 Å². The van der Waals surface area contributed by atoms with Crippen LogP contribution in [-0.4, -0.2) is 62.0 Å². The minimum absolute atomic E-state index is 0.0584. The predicted molar refractivity (Wildman–Crippen MR) is 135 cm³/mol. The van der Waals surface area contributed by atoms with Gasteiger partial charge < -0.3 is 14.2 Å². The van der Waals surface area contributed by atoms with E-state index in [4.69, 9.17) is 4.74 Å². The lowest BCUT2D eigenvalue weighted by Crippen LogP contribution is -2.49. The molecule has 6 rings (SSSR count). The van der Waals surface area contributed by atoms with E-state index >= 15 is 0 Å². The van der Waals surface area contributed by atoms with E-state index in [0.717, 1.165) is 35.2 Å². The summed E-state index contributed by atoms with van der Waals surface area (Å²) in [6, 6.07) is 8.61. The van der Waals surface area contributed by atoms with Gasteiger partial charge in [0.1, 0.15) is 12.2 Å². The third-order valence-corrected chi connectivity index (χ3v) is 7.98. The molecule has 11 heteroatoms. The average Bonchev–Trinajstić information content (AvgIpc) is 3.42. The minimum Gasteiger partial charge on any atom is -0.379 e. The number of ether oxygens (including phenoxy) is 1. The number of likely N-dealkylation sites (tertiary alicyclic amines) is 1. The number of rotatable bonds is 5. The fourth-order valence-corrected chi connectivity index (χ4v) is 5.76. The molecule has 0 spiro atoms. The van der Waals surface area contributed by atoms with Gasteiger partial charge in [-0.2, -0.15) is 13.2 Å². The van der Waals surface area contributed by atoms with Gasteiger partial charge in [0.25, 0.3) is 0 Å². The van der Waals surface area contributed by atoms with Gasteiger partial charge in [-0.3, -0.25) is 8.97 Å². The predicted octanol–water partition coefficient (Wildman–Crippen LogP) is 3.56. The molecule has 4 aromatic rings. The number of imidazole rings is 1. The normalized spacial score (nSPS) is 20.1. The van der Waals surface area contributed by atoms with Gasteiger partial charge >= 0.3 is 11.9 Å². The number of nitrogens with zero attached hydrogens (tertiary/aromatic N) is 6. The van der Waals surface area contributed by atoms with E-state index in [0.29, 0.717) is 37.4 Å². The van der Waals surface area contributed by atoms with Gasteiger partial charge in [0.05, 0.1) is 30.0 Å². The number of hydrogen-bond donors (Lipinski definition) is 0. The first-order valence-electron chi connectivity index (χ1n) is 12.7. The van der Waals surface area contributed by atoms with Crippen LogP contribution >= 0.6 is 0 Å². The Morgan fingerprint density at radius 1 is 1.16 bits per heavy atom. The summed E-state index contributed by atoms with van der Waals surface area (Å²) in [4.78, 5) is 15.7. The van der Waals surface area contributed by atoms with Crippen molar-refractivity contribution in [3.63, 3.8) is 0 Å². The molecule has 0 bridgehead atoms. The zero-order chi connectivity index (χ0) is 26.7. The number of aromatic nitrogens is 5. The van der Waals surface area contributed by atoms with Crippen molar-refractivity contribution in [2.24, 2.45) is 7.05 Å². The molecule has 5 heterocycles. The maximum Gasteiger partial charge on any atom is 0.418 e. The third-order valence-electron chi connectivity index (χ3n) is 7.98. The lowest BCUT2D eigenvalue weighted by Gasteiger charge is -2.41. The van der Waals surface area contributed by atoms with Gasteiger partial charge in [-0.05, 0) is 61.7 Å². The zero-order valence-electron chi connectivity index (χ0n) is 21.3. The molecular formula is C27H29F3N6O2. The van der Waals surface area contributed by atoms with E-state index in [1.54, 1.807) is 18.6 Å². The number of alkyl halides is 3. The summed E-state index contributed by atoms with van der Waals surface area (Å²) in [5.41, 5.74) is 0.167. The minimum atomic E-state index is -4.59. The van der Waals surface area contributed by atoms with E-state index in [9.17, 15) is 18.0 Å². The highest BCUT2D eigenvalue weighted by Gasteiger charge is 2.42. The Morgan fingerprint density at radius 2 is 1.97 bits per heavy atom. The monoisotopic (exact) mass is 526 g/mol. The van der Waals surface area contributed by atoms with Gasteiger partial charge in [-0.1, -0.05) is 12.1 Å². The number of fused-ring (bicyclic) bond motifs is 1. The fourth-order valence-electron chi connectivity index (χ4n) is 5.76. The van der Waals surface area contributed by atoms with Crippen LogP contribution in [0.1, 0.15) is 41.3 Å². The second-order valence-electron chi connectivity index (χ2n) is 10.7. The fraction of sp³-hybridized carbons (Fsp3) is 0.444. The number of aryl methyl sites for hydroxylation is 1. The molecule has 1 atom stereocenters. The second kappa shape index (κ2) is 9.09. The number of benzene rings is 1. The van der Waals surface area contributed by atoms with E-state index in [1.807, 2.05) is 36.9 Å². The van der Waals surface area contributed by atoms with Crippen molar-refractivity contribution in [2.75, 3.05) is 33.4 Å². The summed E-state index contributed by atoms with van der Waals surface area (Å²) < 4.78 is 52.5. The Bertz CT molecular complexity index is 1550. The molecule has 0 aliphatic carbocycles. The van der Waals surface area contributed by atoms with Crippen molar-refractivity contribution in [3.05, 3.63) is 82.1 Å². The Kier molecular flexibility index (Phi) is 5.95. The van der Waals surface area contributed by atoms with E-state index in [-0.39, 0.29) is 16.8 Å². The quantitative estimate of drug-likeness (QED) is 0.398. The lowest BCUT2D eigenvalue weighted by molar-refractivity contribution is -0.136. The van der Waals surface area contributed by atoms with Gasteiger partial charge in [-0.15, -0.1) is 10.2 Å². The van der Waals surface area contributed by atoms with Crippen molar-refractivity contribution in [1.82, 2.24) is 28.6 Å². The highest BCUT2D eigenvalue weighted by Crippen LogP contribution is 2.38. The first kappa shape index (κ1) is 24.9. The highest BCUT2D eigenvalue weighted by atomic mass is 19.4. The van der Waals surface area contributed by atoms with Crippen LogP contribution in [0.3, 0.4) is 0 Å². The number of hydrogen-bond acceptors (Lipinski definition) is 5. The largest absolute Gasteiger partial charge is 0.418 e. The average molecular weight is 527 g/mol. The SMILES string of the molecule is CN1CCCC(c2cc(C(F)(F)F)c3cn(-c4cccc(C5(Cc6nncn6C)COC5)c4)c(=O)n3c2)C1. The van der Waals surface area contributed by atoms with Crippen LogP contribution in [0.4, 0.5) is 13.2 Å². The zero-order valence-corrected chi connectivity index (χ0v) is 21.3. The molecule has 2 aliphatic rings. The van der Waals surface area contributed by atoms with Crippen LogP contribution in [0.2, 0.25) is 0 Å². The molecule has 0 N–H and O–H groups in total. The maximum absolute atomic E-state index is 14.2. The highest BCUT2D eigenvalue weighted by molar-refractivity contribution is 5.58. The smallest absolute Gasteiger partial charge is 0.379 e. The summed E-state index contributed by atoms with van der Waals surface area (Å²) in [5.74, 6) is 0.748. The van der Waals surface area contributed by atoms with Gasteiger partial charge in [-0.25, -0.2) is 4.79 Å². The standard InChI is InChI=1S/C27H29F3N6O2/c1-33-8-4-5-18(12-33)19-9-22(27(28,29)30)23-14-35(25(37)36(23)13-19)21-7-3-6-20(10-21)26(15-38-16-26)11-24-32-31-17-34(24)2/h3,6-7,9-10,13-14,17-18H,4-5,8,11-12,15-16H2,1-2H3. The number of pyridine rings is 1. The molecule has 38 heavy (non-hydrogen) atoms. The van der Waals surface area contributed by atoms with Crippen LogP contribution in [-0.2, 0) is 29.8 Å². The molecule has 2 aliphatic heterocycles. The molecule has 2 fully saturated rings. The lowest BCUT2D eigenvalue weighted by atomic mass is 9.75. The molecule has 1 aromatic carbocycles. The summed E-state index contributed by atoms with van der Waals surface area (Å²) in [5, 5.41) is 8.17. The third kappa shape index (κ3) is 4.23. The molecule has 3 aromatic heterocycles. The van der Waals surface area contributed by atoms with Crippen LogP contribution in [0.25, 0.3) is 11.2 Å². The Hall–Kier alpha value is -3.44.